The Labute approximate surface area is 113 Å². The summed E-state index contributed by atoms with van der Waals surface area (Å²) in [4.78, 5) is 32.1. The highest BCUT2D eigenvalue weighted by molar-refractivity contribution is 7.52. The van der Waals surface area contributed by atoms with E-state index in [0.29, 0.717) is 25.9 Å². The largest absolute Gasteiger partial charge is 0.347 e. The van der Waals surface area contributed by atoms with E-state index < -0.39 is 19.4 Å². The van der Waals surface area contributed by atoms with Gasteiger partial charge in [-0.05, 0) is 38.6 Å². The molecule has 0 spiro atoms. The second-order valence-corrected chi connectivity index (χ2v) is 6.76. The average molecular weight is 293 g/mol. The number of unbranched alkanes of at least 4 members (excludes halogenated alkanes) is 1. The van der Waals surface area contributed by atoms with E-state index in [2.05, 4.69) is 0 Å². The number of hydrogen-bond acceptors (Lipinski definition) is 4. The molecule has 0 saturated carbocycles. The first-order chi connectivity index (χ1) is 8.88. The normalized spacial score (nSPS) is 22.3. The zero-order chi connectivity index (χ0) is 14.5. The summed E-state index contributed by atoms with van der Waals surface area (Å²) in [6.07, 6.45) is 3.87. The number of nitrogens with zero attached hydrogens (tertiary/aromatic N) is 1. The van der Waals surface area contributed by atoms with Gasteiger partial charge in [0.2, 0.25) is 5.91 Å². The van der Waals surface area contributed by atoms with Crippen LogP contribution in [0, 0.1) is 0 Å². The predicted octanol–water partition coefficient (Wildman–Crippen LogP) is -0.0410. The highest BCUT2D eigenvalue weighted by atomic mass is 31.2. The van der Waals surface area contributed by atoms with Crippen molar-refractivity contribution in [1.82, 2.24) is 4.90 Å². The zero-order valence-corrected chi connectivity index (χ0v) is 12.0. The maximum absolute atomic E-state index is 12.2. The standard InChI is InChI=1S/C11H24N3O4P/c12-7-3-1-5-9(13)11(15)14-8-4-2-6-10(14)19(16,17)18/h9-10H,1-8,12-13H2,(H2,16,17,18). The lowest BCUT2D eigenvalue weighted by Crippen LogP contribution is -2.50. The van der Waals surface area contributed by atoms with Gasteiger partial charge in [0.25, 0.3) is 0 Å². The van der Waals surface area contributed by atoms with Gasteiger partial charge in [0, 0.05) is 6.54 Å². The molecule has 1 aliphatic heterocycles. The smallest absolute Gasteiger partial charge is 0.330 e. The number of rotatable bonds is 6. The van der Waals surface area contributed by atoms with Crippen molar-refractivity contribution >= 4 is 13.5 Å². The Kier molecular flexibility index (Phi) is 6.42. The van der Waals surface area contributed by atoms with Crippen LogP contribution >= 0.6 is 7.60 Å². The number of carbonyl (C=O) groups is 1. The molecule has 0 aromatic heterocycles. The molecule has 1 rings (SSSR count). The Hall–Kier alpha value is -0.460. The molecule has 19 heavy (non-hydrogen) atoms. The molecular formula is C11H24N3O4P. The third-order valence-corrected chi connectivity index (χ3v) is 4.74. The van der Waals surface area contributed by atoms with Crippen LogP contribution in [0.4, 0.5) is 0 Å². The van der Waals surface area contributed by atoms with Gasteiger partial charge in [-0.2, -0.15) is 0 Å². The summed E-state index contributed by atoms with van der Waals surface area (Å²) in [5.74, 6) is -1.36. The minimum absolute atomic E-state index is 0.339. The molecule has 1 amide bonds. The SMILES string of the molecule is NCCCCC(N)C(=O)N1CCCCC1P(=O)(O)O. The van der Waals surface area contributed by atoms with E-state index in [9.17, 15) is 19.1 Å². The molecule has 0 bridgehead atoms. The van der Waals surface area contributed by atoms with Crippen LogP contribution in [0.2, 0.25) is 0 Å². The van der Waals surface area contributed by atoms with E-state index in [0.717, 1.165) is 25.7 Å². The minimum atomic E-state index is -4.29. The van der Waals surface area contributed by atoms with Gasteiger partial charge < -0.3 is 26.2 Å². The summed E-state index contributed by atoms with van der Waals surface area (Å²) in [5.41, 5.74) is 11.2. The van der Waals surface area contributed by atoms with Gasteiger partial charge in [0.15, 0.2) is 0 Å². The van der Waals surface area contributed by atoms with Crippen LogP contribution in [0.15, 0.2) is 0 Å². The van der Waals surface area contributed by atoms with Gasteiger partial charge in [-0.1, -0.05) is 6.42 Å². The summed E-state index contributed by atoms with van der Waals surface area (Å²) in [5, 5.41) is 0. The molecule has 2 unspecified atom stereocenters. The lowest BCUT2D eigenvalue weighted by atomic mass is 10.1. The predicted molar refractivity (Wildman–Crippen MR) is 72.3 cm³/mol. The third-order valence-electron chi connectivity index (χ3n) is 3.43. The Balaban J connectivity index is 2.64. The van der Waals surface area contributed by atoms with E-state index in [4.69, 9.17) is 11.5 Å². The number of likely N-dealkylation sites (tertiary alicyclic amines) is 1. The summed E-state index contributed by atoms with van der Waals surface area (Å²) in [6, 6.07) is -0.696. The number of piperidine rings is 1. The first kappa shape index (κ1) is 16.6. The maximum Gasteiger partial charge on any atom is 0.347 e. The van der Waals surface area contributed by atoms with Crippen LogP contribution in [0.3, 0.4) is 0 Å². The van der Waals surface area contributed by atoms with Crippen molar-refractivity contribution in [2.45, 2.75) is 50.3 Å². The minimum Gasteiger partial charge on any atom is -0.330 e. The lowest BCUT2D eigenvalue weighted by Gasteiger charge is -2.37. The van der Waals surface area contributed by atoms with Crippen LogP contribution in [-0.4, -0.2) is 45.5 Å². The second-order valence-electron chi connectivity index (χ2n) is 4.99. The van der Waals surface area contributed by atoms with Gasteiger partial charge in [-0.15, -0.1) is 0 Å². The van der Waals surface area contributed by atoms with Crippen molar-refractivity contribution in [1.29, 1.82) is 0 Å². The number of hydrogen-bond donors (Lipinski definition) is 4. The summed E-state index contributed by atoms with van der Waals surface area (Å²) >= 11 is 0. The number of nitrogens with two attached hydrogens (primary N) is 2. The van der Waals surface area contributed by atoms with E-state index >= 15 is 0 Å². The van der Waals surface area contributed by atoms with Crippen LogP contribution in [0.5, 0.6) is 0 Å². The molecule has 2 atom stereocenters. The molecule has 1 heterocycles. The van der Waals surface area contributed by atoms with Crippen molar-refractivity contribution in [2.24, 2.45) is 11.5 Å². The van der Waals surface area contributed by atoms with Crippen LogP contribution < -0.4 is 11.5 Å². The van der Waals surface area contributed by atoms with Crippen molar-refractivity contribution in [3.05, 3.63) is 0 Å². The van der Waals surface area contributed by atoms with Gasteiger partial charge in [-0.3, -0.25) is 9.36 Å². The Morgan fingerprint density at radius 3 is 2.63 bits per heavy atom. The molecule has 0 aliphatic carbocycles. The molecular weight excluding hydrogens is 269 g/mol. The summed E-state index contributed by atoms with van der Waals surface area (Å²) < 4.78 is 11.4. The lowest BCUT2D eigenvalue weighted by molar-refractivity contribution is -0.135. The first-order valence-corrected chi connectivity index (χ1v) is 8.37. The molecule has 0 radical (unpaired) electrons. The monoisotopic (exact) mass is 293 g/mol. The third kappa shape index (κ3) is 4.85. The Bertz CT molecular complexity index is 347. The fraction of sp³-hybridized carbons (Fsp3) is 0.909. The van der Waals surface area contributed by atoms with Crippen LogP contribution in [0.25, 0.3) is 0 Å². The van der Waals surface area contributed by atoms with Gasteiger partial charge >= 0.3 is 7.60 Å². The molecule has 0 aromatic carbocycles. The van der Waals surface area contributed by atoms with Crippen molar-refractivity contribution < 1.29 is 19.1 Å². The Morgan fingerprint density at radius 2 is 2.05 bits per heavy atom. The molecule has 0 aromatic rings. The summed E-state index contributed by atoms with van der Waals surface area (Å²) in [6.45, 7) is 0.926. The molecule has 7 nitrogen and oxygen atoms in total. The van der Waals surface area contributed by atoms with Crippen molar-refractivity contribution in [2.75, 3.05) is 13.1 Å². The second kappa shape index (κ2) is 7.36. The molecule has 112 valence electrons. The highest BCUT2D eigenvalue weighted by Gasteiger charge is 2.39. The zero-order valence-electron chi connectivity index (χ0n) is 11.1. The quantitative estimate of drug-likeness (QED) is 0.401. The number of carbonyl (C=O) groups excluding carboxylic acids is 1. The van der Waals surface area contributed by atoms with Gasteiger partial charge in [0.05, 0.1) is 6.04 Å². The topological polar surface area (TPSA) is 130 Å². The van der Waals surface area contributed by atoms with E-state index in [1.807, 2.05) is 0 Å². The van der Waals surface area contributed by atoms with Crippen LogP contribution in [0.1, 0.15) is 38.5 Å². The van der Waals surface area contributed by atoms with E-state index in [1.54, 1.807) is 0 Å². The maximum atomic E-state index is 12.2. The highest BCUT2D eigenvalue weighted by Crippen LogP contribution is 2.47. The molecule has 8 heteroatoms. The molecule has 1 aliphatic rings. The average Bonchev–Trinajstić information content (AvgIpc) is 2.37. The van der Waals surface area contributed by atoms with Crippen molar-refractivity contribution in [3.8, 4) is 0 Å². The Morgan fingerprint density at radius 1 is 1.37 bits per heavy atom. The number of amides is 1. The van der Waals surface area contributed by atoms with E-state index in [1.165, 1.54) is 4.90 Å². The van der Waals surface area contributed by atoms with Gasteiger partial charge in [0.1, 0.15) is 5.78 Å². The molecule has 1 fully saturated rings. The van der Waals surface area contributed by atoms with E-state index in [-0.39, 0.29) is 5.91 Å². The first-order valence-electron chi connectivity index (χ1n) is 6.69. The molecule has 6 N–H and O–H groups in total. The summed E-state index contributed by atoms with van der Waals surface area (Å²) in [7, 11) is -4.29. The fourth-order valence-electron chi connectivity index (χ4n) is 2.37. The fourth-order valence-corrected chi connectivity index (χ4v) is 3.48. The molecule has 1 saturated heterocycles. The van der Waals surface area contributed by atoms with Crippen molar-refractivity contribution in [3.63, 3.8) is 0 Å². The van der Waals surface area contributed by atoms with Crippen LogP contribution in [-0.2, 0) is 9.36 Å². The van der Waals surface area contributed by atoms with Gasteiger partial charge in [-0.25, -0.2) is 0 Å².